The Morgan fingerprint density at radius 1 is 1.33 bits per heavy atom. The van der Waals surface area contributed by atoms with Crippen LogP contribution in [0.2, 0.25) is 5.02 Å². The van der Waals surface area contributed by atoms with Gasteiger partial charge in [0, 0.05) is 12.4 Å². The molecule has 0 amide bonds. The molecular formula is C18H16ClF2N3O3. The standard InChI is InChI=1S/C18H16ClF2N3O3/c1-2-26-18(25)17-12-9-24(23-14(12)5-6-22-17)8-11-3-4-15(13(19)7-11)27-10-16(20)21/h3-7,9,16H,2,8,10H2,1H3. The van der Waals surface area contributed by atoms with E-state index in [-0.39, 0.29) is 23.1 Å². The quantitative estimate of drug-likeness (QED) is 0.567. The number of aromatic nitrogens is 3. The van der Waals surface area contributed by atoms with Crippen molar-refractivity contribution in [2.75, 3.05) is 13.2 Å². The van der Waals surface area contributed by atoms with E-state index in [4.69, 9.17) is 21.1 Å². The van der Waals surface area contributed by atoms with Crippen LogP contribution in [0, 0.1) is 0 Å². The first-order valence-corrected chi connectivity index (χ1v) is 8.54. The summed E-state index contributed by atoms with van der Waals surface area (Å²) in [6, 6.07) is 6.57. The molecule has 0 spiro atoms. The van der Waals surface area contributed by atoms with Crippen LogP contribution >= 0.6 is 11.6 Å². The van der Waals surface area contributed by atoms with E-state index in [9.17, 15) is 13.6 Å². The molecule has 0 N–H and O–H groups in total. The maximum Gasteiger partial charge on any atom is 0.357 e. The van der Waals surface area contributed by atoms with E-state index >= 15 is 0 Å². The van der Waals surface area contributed by atoms with Crippen LogP contribution in [0.1, 0.15) is 23.0 Å². The Morgan fingerprint density at radius 2 is 2.15 bits per heavy atom. The number of carbonyl (C=O) groups excluding carboxylic acids is 1. The second-order valence-electron chi connectivity index (χ2n) is 5.61. The van der Waals surface area contributed by atoms with Crippen molar-refractivity contribution in [3.05, 3.63) is 52.9 Å². The fraction of sp³-hybridized carbons (Fsp3) is 0.278. The maximum atomic E-state index is 12.2. The predicted octanol–water partition coefficient (Wildman–Crippen LogP) is 3.95. The van der Waals surface area contributed by atoms with Gasteiger partial charge in [0.1, 0.15) is 12.4 Å². The minimum absolute atomic E-state index is 0.195. The van der Waals surface area contributed by atoms with E-state index in [1.807, 2.05) is 0 Å². The van der Waals surface area contributed by atoms with Crippen LogP contribution in [0.5, 0.6) is 5.75 Å². The van der Waals surface area contributed by atoms with Crippen molar-refractivity contribution in [3.63, 3.8) is 0 Å². The number of rotatable bonds is 7. The van der Waals surface area contributed by atoms with Crippen LogP contribution < -0.4 is 4.74 Å². The van der Waals surface area contributed by atoms with Crippen molar-refractivity contribution in [2.45, 2.75) is 19.9 Å². The molecule has 27 heavy (non-hydrogen) atoms. The fourth-order valence-corrected chi connectivity index (χ4v) is 2.79. The van der Waals surface area contributed by atoms with Crippen LogP contribution in [-0.4, -0.2) is 40.4 Å². The number of carbonyl (C=O) groups is 1. The van der Waals surface area contributed by atoms with E-state index in [1.54, 1.807) is 36.0 Å². The Hall–Kier alpha value is -2.74. The second-order valence-corrected chi connectivity index (χ2v) is 6.01. The first kappa shape index (κ1) is 19.0. The molecule has 3 rings (SSSR count). The highest BCUT2D eigenvalue weighted by atomic mass is 35.5. The summed E-state index contributed by atoms with van der Waals surface area (Å²) >= 11 is 6.09. The molecule has 0 aliphatic rings. The number of hydrogen-bond donors (Lipinski definition) is 0. The second kappa shape index (κ2) is 8.30. The first-order valence-electron chi connectivity index (χ1n) is 8.16. The highest BCUT2D eigenvalue weighted by Gasteiger charge is 2.15. The first-order chi connectivity index (χ1) is 13.0. The van der Waals surface area contributed by atoms with Crippen LogP contribution in [0.25, 0.3) is 10.9 Å². The molecule has 1 aromatic carbocycles. The van der Waals surface area contributed by atoms with Gasteiger partial charge >= 0.3 is 5.97 Å². The highest BCUT2D eigenvalue weighted by molar-refractivity contribution is 6.32. The summed E-state index contributed by atoms with van der Waals surface area (Å²) in [6.07, 6.45) is 0.626. The zero-order valence-electron chi connectivity index (χ0n) is 14.4. The van der Waals surface area contributed by atoms with Crippen molar-refractivity contribution in [1.82, 2.24) is 14.8 Å². The molecule has 0 atom stereocenters. The monoisotopic (exact) mass is 395 g/mol. The van der Waals surface area contributed by atoms with Crippen molar-refractivity contribution in [1.29, 1.82) is 0 Å². The Balaban J connectivity index is 1.81. The number of hydrogen-bond acceptors (Lipinski definition) is 5. The van der Waals surface area contributed by atoms with Gasteiger partial charge in [0.15, 0.2) is 5.69 Å². The largest absolute Gasteiger partial charge is 0.486 e. The maximum absolute atomic E-state index is 12.2. The third-order valence-corrected chi connectivity index (χ3v) is 3.95. The number of esters is 1. The molecular weight excluding hydrogens is 380 g/mol. The molecule has 0 saturated carbocycles. The van der Waals surface area contributed by atoms with Crippen molar-refractivity contribution < 1.29 is 23.0 Å². The summed E-state index contributed by atoms with van der Waals surface area (Å²) in [5, 5.41) is 5.24. The van der Waals surface area contributed by atoms with E-state index in [0.717, 1.165) is 5.56 Å². The normalized spacial score (nSPS) is 11.1. The molecule has 2 aromatic heterocycles. The molecule has 0 fully saturated rings. The molecule has 0 radical (unpaired) electrons. The Morgan fingerprint density at radius 3 is 2.85 bits per heavy atom. The van der Waals surface area contributed by atoms with Gasteiger partial charge in [-0.2, -0.15) is 5.10 Å². The summed E-state index contributed by atoms with van der Waals surface area (Å²) in [5.41, 5.74) is 1.60. The number of pyridine rings is 1. The van der Waals surface area contributed by atoms with Crippen LogP contribution in [-0.2, 0) is 11.3 Å². The van der Waals surface area contributed by atoms with Crippen molar-refractivity contribution in [3.8, 4) is 5.75 Å². The van der Waals surface area contributed by atoms with E-state index in [1.165, 1.54) is 12.3 Å². The number of fused-ring (bicyclic) bond motifs is 1. The van der Waals surface area contributed by atoms with Crippen LogP contribution in [0.15, 0.2) is 36.7 Å². The van der Waals surface area contributed by atoms with Gasteiger partial charge < -0.3 is 9.47 Å². The molecule has 0 unspecified atom stereocenters. The highest BCUT2D eigenvalue weighted by Crippen LogP contribution is 2.26. The number of ether oxygens (including phenoxy) is 2. The van der Waals surface area contributed by atoms with Gasteiger partial charge in [-0.3, -0.25) is 4.68 Å². The summed E-state index contributed by atoms with van der Waals surface area (Å²) in [7, 11) is 0. The molecule has 0 aliphatic heterocycles. The van der Waals surface area contributed by atoms with Crippen molar-refractivity contribution >= 4 is 28.5 Å². The lowest BCUT2D eigenvalue weighted by atomic mass is 10.2. The van der Waals surface area contributed by atoms with Gasteiger partial charge in [0.2, 0.25) is 0 Å². The molecule has 3 aromatic rings. The Bertz CT molecular complexity index is 962. The zero-order valence-corrected chi connectivity index (χ0v) is 15.1. The summed E-state index contributed by atoms with van der Waals surface area (Å²) < 4.78 is 36.1. The Kier molecular flexibility index (Phi) is 5.85. The smallest absolute Gasteiger partial charge is 0.357 e. The lowest BCUT2D eigenvalue weighted by molar-refractivity contribution is 0.0522. The lowest BCUT2D eigenvalue weighted by Crippen LogP contribution is -2.07. The van der Waals surface area contributed by atoms with Gasteiger partial charge in [-0.25, -0.2) is 18.6 Å². The average Bonchev–Trinajstić information content (AvgIpc) is 3.03. The predicted molar refractivity (Wildman–Crippen MR) is 95.5 cm³/mol. The van der Waals surface area contributed by atoms with Crippen LogP contribution in [0.4, 0.5) is 8.78 Å². The van der Waals surface area contributed by atoms with Gasteiger partial charge in [-0.05, 0) is 30.7 Å². The van der Waals surface area contributed by atoms with E-state index in [0.29, 0.717) is 17.4 Å². The van der Waals surface area contributed by atoms with Gasteiger partial charge in [-0.15, -0.1) is 0 Å². The number of halogens is 3. The minimum atomic E-state index is -2.57. The molecule has 0 aliphatic carbocycles. The molecule has 2 heterocycles. The SMILES string of the molecule is CCOC(=O)c1nccc2nn(Cc3ccc(OCC(F)F)c(Cl)c3)cc12. The molecule has 0 saturated heterocycles. The van der Waals surface area contributed by atoms with Gasteiger partial charge in [0.25, 0.3) is 6.43 Å². The average molecular weight is 396 g/mol. The summed E-state index contributed by atoms with van der Waals surface area (Å²) in [4.78, 5) is 16.1. The number of nitrogens with zero attached hydrogens (tertiary/aromatic N) is 3. The molecule has 9 heteroatoms. The van der Waals surface area contributed by atoms with E-state index in [2.05, 4.69) is 10.1 Å². The lowest BCUT2D eigenvalue weighted by Gasteiger charge is -2.09. The zero-order chi connectivity index (χ0) is 19.4. The molecule has 0 bridgehead atoms. The summed E-state index contributed by atoms with van der Waals surface area (Å²) in [5.74, 6) is -0.314. The minimum Gasteiger partial charge on any atom is -0.486 e. The van der Waals surface area contributed by atoms with Crippen molar-refractivity contribution in [2.24, 2.45) is 0 Å². The van der Waals surface area contributed by atoms with Crippen LogP contribution in [0.3, 0.4) is 0 Å². The summed E-state index contributed by atoms with van der Waals surface area (Å²) in [6.45, 7) is 1.63. The van der Waals surface area contributed by atoms with Gasteiger partial charge in [0.05, 0.1) is 29.1 Å². The Labute approximate surface area is 158 Å². The third-order valence-electron chi connectivity index (χ3n) is 3.66. The number of benzene rings is 1. The third kappa shape index (κ3) is 4.51. The van der Waals surface area contributed by atoms with Gasteiger partial charge in [-0.1, -0.05) is 17.7 Å². The van der Waals surface area contributed by atoms with E-state index < -0.39 is 19.0 Å². The fourth-order valence-electron chi connectivity index (χ4n) is 2.54. The number of alkyl halides is 2. The molecule has 6 nitrogen and oxygen atoms in total. The molecule has 142 valence electrons. The topological polar surface area (TPSA) is 66.2 Å².